The largest absolute Gasteiger partial charge is 0.345 e. The first kappa shape index (κ1) is 20.3. The second kappa shape index (κ2) is 8.32. The molecular formula is C19H18Br2N6O. The molecule has 0 saturated heterocycles. The Labute approximate surface area is 178 Å². The van der Waals surface area contributed by atoms with Crippen molar-refractivity contribution in [3.63, 3.8) is 0 Å². The SMILES string of the molecule is Brc1cnc2[nH]ccc2n1.C=CCC(C)(C)C(=O)c1c[nH]c2ncc(Br)nc12. The number of carbonyl (C=O) groups is 1. The summed E-state index contributed by atoms with van der Waals surface area (Å²) in [5.41, 5.74) is 3.02. The molecule has 4 rings (SSSR count). The summed E-state index contributed by atoms with van der Waals surface area (Å²) in [6.45, 7) is 7.50. The third-order valence-corrected chi connectivity index (χ3v) is 4.86. The zero-order chi connectivity index (χ0) is 20.3. The number of carbonyl (C=O) groups excluding carboxylic acids is 1. The lowest BCUT2D eigenvalue weighted by Gasteiger charge is -2.20. The summed E-state index contributed by atoms with van der Waals surface area (Å²) in [5.74, 6) is 0.0426. The first-order valence-electron chi connectivity index (χ1n) is 8.43. The van der Waals surface area contributed by atoms with Crippen molar-refractivity contribution in [2.24, 2.45) is 5.41 Å². The van der Waals surface area contributed by atoms with E-state index in [0.717, 1.165) is 15.8 Å². The monoisotopic (exact) mass is 504 g/mol. The van der Waals surface area contributed by atoms with Crippen LogP contribution in [0.1, 0.15) is 30.6 Å². The molecule has 0 aromatic carbocycles. The molecular weight excluding hydrogens is 488 g/mol. The zero-order valence-corrected chi connectivity index (χ0v) is 18.5. The molecule has 2 N–H and O–H groups in total. The zero-order valence-electron chi connectivity index (χ0n) is 15.3. The van der Waals surface area contributed by atoms with Crippen molar-refractivity contribution in [1.29, 1.82) is 0 Å². The molecule has 0 amide bonds. The van der Waals surface area contributed by atoms with E-state index in [4.69, 9.17) is 0 Å². The molecule has 0 unspecified atom stereocenters. The topological polar surface area (TPSA) is 100 Å². The highest BCUT2D eigenvalue weighted by atomic mass is 79.9. The highest BCUT2D eigenvalue weighted by molar-refractivity contribution is 9.10. The van der Waals surface area contributed by atoms with Gasteiger partial charge >= 0.3 is 0 Å². The summed E-state index contributed by atoms with van der Waals surface area (Å²) < 4.78 is 1.38. The summed E-state index contributed by atoms with van der Waals surface area (Å²) in [6.07, 6.45) is 9.14. The highest BCUT2D eigenvalue weighted by Crippen LogP contribution is 2.29. The summed E-state index contributed by atoms with van der Waals surface area (Å²) in [4.78, 5) is 35.1. The van der Waals surface area contributed by atoms with E-state index in [1.165, 1.54) is 0 Å². The van der Waals surface area contributed by atoms with Gasteiger partial charge in [0.1, 0.15) is 20.2 Å². The number of fused-ring (bicyclic) bond motifs is 2. The molecule has 0 aliphatic carbocycles. The number of Topliss-reactive ketones (excluding diaryl/α,β-unsaturated/α-hetero) is 1. The van der Waals surface area contributed by atoms with Gasteiger partial charge in [-0.3, -0.25) is 4.79 Å². The normalized spacial score (nSPS) is 11.3. The number of rotatable bonds is 4. The van der Waals surface area contributed by atoms with Crippen LogP contribution in [0.5, 0.6) is 0 Å². The maximum absolute atomic E-state index is 12.5. The molecule has 4 aromatic heterocycles. The van der Waals surface area contributed by atoms with Gasteiger partial charge < -0.3 is 9.97 Å². The summed E-state index contributed by atoms with van der Waals surface area (Å²) in [5, 5.41) is 0. The molecule has 0 aliphatic rings. The molecule has 0 bridgehead atoms. The van der Waals surface area contributed by atoms with Gasteiger partial charge in [-0.2, -0.15) is 0 Å². The van der Waals surface area contributed by atoms with E-state index in [0.29, 0.717) is 27.8 Å². The van der Waals surface area contributed by atoms with Gasteiger partial charge in [0.05, 0.1) is 18.0 Å². The van der Waals surface area contributed by atoms with Crippen LogP contribution < -0.4 is 0 Å². The average molecular weight is 506 g/mol. The van der Waals surface area contributed by atoms with Crippen molar-refractivity contribution in [3.8, 4) is 0 Å². The number of aromatic amines is 2. The minimum Gasteiger partial charge on any atom is -0.345 e. The van der Waals surface area contributed by atoms with Gasteiger partial charge in [-0.1, -0.05) is 19.9 Å². The minimum absolute atomic E-state index is 0.0426. The number of halogens is 2. The van der Waals surface area contributed by atoms with Gasteiger partial charge in [0, 0.05) is 17.8 Å². The lowest BCUT2D eigenvalue weighted by atomic mass is 9.82. The smallest absolute Gasteiger partial charge is 0.172 e. The predicted molar refractivity (Wildman–Crippen MR) is 116 cm³/mol. The number of ketones is 1. The number of allylic oxidation sites excluding steroid dienone is 1. The van der Waals surface area contributed by atoms with Gasteiger partial charge in [-0.25, -0.2) is 19.9 Å². The average Bonchev–Trinajstić information content (AvgIpc) is 3.27. The second-order valence-corrected chi connectivity index (χ2v) is 8.33. The molecule has 28 heavy (non-hydrogen) atoms. The molecule has 0 spiro atoms. The van der Waals surface area contributed by atoms with Crippen molar-refractivity contribution >= 4 is 60.0 Å². The van der Waals surface area contributed by atoms with Crippen molar-refractivity contribution in [3.05, 3.63) is 58.3 Å². The van der Waals surface area contributed by atoms with Crippen LogP contribution in [0.4, 0.5) is 0 Å². The van der Waals surface area contributed by atoms with Crippen molar-refractivity contribution in [2.45, 2.75) is 20.3 Å². The summed E-state index contributed by atoms with van der Waals surface area (Å²) >= 11 is 6.50. The van der Waals surface area contributed by atoms with Crippen LogP contribution in [-0.2, 0) is 0 Å². The van der Waals surface area contributed by atoms with Gasteiger partial charge in [0.2, 0.25) is 0 Å². The number of hydrogen-bond acceptors (Lipinski definition) is 5. The standard InChI is InChI=1S/C13H14BrN3O.C6H4BrN3/c1-4-5-13(2,3)11(18)8-6-15-12-10(8)17-9(14)7-16-12;7-5-3-9-6-4(10-5)1-2-8-6/h4,6-7H,1,5H2,2-3H3,(H,15,16);1-3H,(H,8,9). The second-order valence-electron chi connectivity index (χ2n) is 6.70. The van der Waals surface area contributed by atoms with E-state index in [2.05, 4.69) is 68.3 Å². The fourth-order valence-corrected chi connectivity index (χ4v) is 3.24. The number of H-pyrrole nitrogens is 2. The number of nitrogens with one attached hydrogen (secondary N) is 2. The van der Waals surface area contributed by atoms with Crippen LogP contribution >= 0.6 is 31.9 Å². The molecule has 0 aliphatic heterocycles. The van der Waals surface area contributed by atoms with Gasteiger partial charge in [-0.05, 0) is 44.3 Å². The maximum Gasteiger partial charge on any atom is 0.172 e. The lowest BCUT2D eigenvalue weighted by molar-refractivity contribution is 0.0842. The van der Waals surface area contributed by atoms with E-state index in [-0.39, 0.29) is 5.78 Å². The Kier molecular flexibility index (Phi) is 6.04. The van der Waals surface area contributed by atoms with Crippen LogP contribution in [-0.4, -0.2) is 35.7 Å². The quantitative estimate of drug-likeness (QED) is 0.292. The van der Waals surface area contributed by atoms with Crippen LogP contribution in [0.15, 0.2) is 52.7 Å². The van der Waals surface area contributed by atoms with E-state index in [1.807, 2.05) is 26.1 Å². The lowest BCUT2D eigenvalue weighted by Crippen LogP contribution is -2.23. The number of aromatic nitrogens is 6. The molecule has 0 radical (unpaired) electrons. The predicted octanol–water partition coefficient (Wildman–Crippen LogP) is 5.23. The van der Waals surface area contributed by atoms with Gasteiger partial charge in [0.25, 0.3) is 0 Å². The molecule has 9 heteroatoms. The molecule has 4 aromatic rings. The van der Waals surface area contributed by atoms with E-state index in [1.54, 1.807) is 24.7 Å². The third-order valence-electron chi connectivity index (χ3n) is 4.10. The molecule has 7 nitrogen and oxygen atoms in total. The Morgan fingerprint density at radius 3 is 2.54 bits per heavy atom. The molecule has 0 fully saturated rings. The Balaban J connectivity index is 0.000000188. The Morgan fingerprint density at radius 2 is 1.82 bits per heavy atom. The van der Waals surface area contributed by atoms with Crippen molar-refractivity contribution in [1.82, 2.24) is 29.9 Å². The first-order valence-corrected chi connectivity index (χ1v) is 10.0. The van der Waals surface area contributed by atoms with Gasteiger partial charge in [0.15, 0.2) is 17.1 Å². The van der Waals surface area contributed by atoms with E-state index < -0.39 is 5.41 Å². The first-order chi connectivity index (χ1) is 13.3. The van der Waals surface area contributed by atoms with E-state index >= 15 is 0 Å². The fourth-order valence-electron chi connectivity index (χ4n) is 2.67. The highest BCUT2D eigenvalue weighted by Gasteiger charge is 2.29. The maximum atomic E-state index is 12.5. The Morgan fingerprint density at radius 1 is 1.14 bits per heavy atom. The van der Waals surface area contributed by atoms with E-state index in [9.17, 15) is 4.79 Å². The third kappa shape index (κ3) is 4.36. The molecule has 0 atom stereocenters. The molecule has 144 valence electrons. The van der Waals surface area contributed by atoms with Crippen molar-refractivity contribution in [2.75, 3.05) is 0 Å². The van der Waals surface area contributed by atoms with Crippen LogP contribution in [0.25, 0.3) is 22.3 Å². The van der Waals surface area contributed by atoms with Crippen LogP contribution in [0.2, 0.25) is 0 Å². The van der Waals surface area contributed by atoms with Crippen LogP contribution in [0, 0.1) is 5.41 Å². The Bertz CT molecular complexity index is 1150. The number of nitrogens with zero attached hydrogens (tertiary/aromatic N) is 4. The molecule has 4 heterocycles. The summed E-state index contributed by atoms with van der Waals surface area (Å²) in [6, 6.07) is 1.88. The van der Waals surface area contributed by atoms with Crippen LogP contribution in [0.3, 0.4) is 0 Å². The van der Waals surface area contributed by atoms with Gasteiger partial charge in [-0.15, -0.1) is 6.58 Å². The Hall–Kier alpha value is -2.39. The van der Waals surface area contributed by atoms with Crippen molar-refractivity contribution < 1.29 is 4.79 Å². The molecule has 0 saturated carbocycles. The minimum atomic E-state index is -0.485. The fraction of sp³-hybridized carbons (Fsp3) is 0.211. The summed E-state index contributed by atoms with van der Waals surface area (Å²) in [7, 11) is 0. The number of hydrogen-bond donors (Lipinski definition) is 2.